The van der Waals surface area contributed by atoms with E-state index in [2.05, 4.69) is 13.0 Å². The molecule has 0 fully saturated rings. The van der Waals surface area contributed by atoms with E-state index in [9.17, 15) is 0 Å². The summed E-state index contributed by atoms with van der Waals surface area (Å²) >= 11 is 0. The first kappa shape index (κ1) is 9.53. The smallest absolute Gasteiger partial charge is 0.126 e. The molecule has 2 heteroatoms. The Morgan fingerprint density at radius 2 is 2.36 bits per heavy atom. The molecule has 0 saturated heterocycles. The normalized spacial score (nSPS) is 21.5. The van der Waals surface area contributed by atoms with Crippen molar-refractivity contribution in [2.24, 2.45) is 0 Å². The van der Waals surface area contributed by atoms with Crippen LogP contribution >= 0.6 is 0 Å². The Bertz CT molecular complexity index is 333. The Hall–Kier alpha value is -1.02. The maximum atomic E-state index is 9.13. The Labute approximate surface area is 84.5 Å². The number of rotatable bonds is 2. The monoisotopic (exact) mass is 192 g/mol. The maximum Gasteiger partial charge on any atom is 0.126 e. The van der Waals surface area contributed by atoms with E-state index in [4.69, 9.17) is 9.84 Å². The molecule has 0 aliphatic carbocycles. The van der Waals surface area contributed by atoms with Gasteiger partial charge >= 0.3 is 0 Å². The largest absolute Gasteiger partial charge is 0.490 e. The first-order chi connectivity index (χ1) is 6.72. The molecular weight excluding hydrogens is 176 g/mol. The molecule has 2 nitrogen and oxygen atoms in total. The summed E-state index contributed by atoms with van der Waals surface area (Å²) in [4.78, 5) is 0. The van der Waals surface area contributed by atoms with Gasteiger partial charge in [0.2, 0.25) is 0 Å². The van der Waals surface area contributed by atoms with E-state index in [1.54, 1.807) is 0 Å². The Morgan fingerprint density at radius 1 is 1.57 bits per heavy atom. The zero-order valence-corrected chi connectivity index (χ0v) is 8.66. The minimum atomic E-state index is 0.162. The molecule has 0 aromatic heterocycles. The lowest BCUT2D eigenvalue weighted by Crippen LogP contribution is -2.07. The van der Waals surface area contributed by atoms with Crippen molar-refractivity contribution in [3.63, 3.8) is 0 Å². The summed E-state index contributed by atoms with van der Waals surface area (Å²) in [5, 5.41) is 9.13. The fraction of sp³-hybridized carbons (Fsp3) is 0.500. The topological polar surface area (TPSA) is 29.5 Å². The lowest BCUT2D eigenvalue weighted by molar-refractivity contribution is 0.242. The highest BCUT2D eigenvalue weighted by Gasteiger charge is 2.23. The first-order valence-corrected chi connectivity index (χ1v) is 5.11. The van der Waals surface area contributed by atoms with Gasteiger partial charge in [-0.05, 0) is 18.1 Å². The van der Waals surface area contributed by atoms with Gasteiger partial charge in [-0.3, -0.25) is 0 Å². The van der Waals surface area contributed by atoms with Crippen molar-refractivity contribution in [1.29, 1.82) is 0 Å². The Kier molecular flexibility index (Phi) is 2.46. The molecule has 0 radical (unpaired) electrons. The molecule has 1 aliphatic heterocycles. The molecule has 2 unspecified atom stereocenters. The third-order valence-electron chi connectivity index (χ3n) is 2.76. The van der Waals surface area contributed by atoms with Crippen molar-refractivity contribution in [2.45, 2.75) is 32.3 Å². The number of fused-ring (bicyclic) bond motifs is 1. The summed E-state index contributed by atoms with van der Waals surface area (Å²) in [7, 11) is 0. The van der Waals surface area contributed by atoms with Gasteiger partial charge < -0.3 is 9.84 Å². The molecule has 76 valence electrons. The van der Waals surface area contributed by atoms with Gasteiger partial charge in [-0.1, -0.05) is 25.1 Å². The van der Waals surface area contributed by atoms with E-state index in [1.165, 1.54) is 5.56 Å². The molecule has 14 heavy (non-hydrogen) atoms. The van der Waals surface area contributed by atoms with Crippen molar-refractivity contribution in [2.75, 3.05) is 6.61 Å². The molecule has 0 saturated carbocycles. The van der Waals surface area contributed by atoms with Crippen LogP contribution < -0.4 is 4.74 Å². The van der Waals surface area contributed by atoms with E-state index in [0.717, 1.165) is 17.7 Å². The van der Waals surface area contributed by atoms with Crippen LogP contribution in [0.2, 0.25) is 0 Å². The number of ether oxygens (including phenoxy) is 1. The highest BCUT2D eigenvalue weighted by molar-refractivity contribution is 5.46. The Morgan fingerprint density at radius 3 is 3.07 bits per heavy atom. The molecular formula is C12H16O2. The zero-order valence-electron chi connectivity index (χ0n) is 8.66. The lowest BCUT2D eigenvalue weighted by Gasteiger charge is -2.13. The molecule has 0 amide bonds. The fourth-order valence-electron chi connectivity index (χ4n) is 1.95. The van der Waals surface area contributed by atoms with E-state index < -0.39 is 0 Å². The van der Waals surface area contributed by atoms with Gasteiger partial charge in [-0.15, -0.1) is 0 Å². The number of hydrogen-bond acceptors (Lipinski definition) is 2. The molecule has 2 atom stereocenters. The number of aliphatic hydroxyl groups excluding tert-OH is 1. The van der Waals surface area contributed by atoms with Crippen LogP contribution in [0.5, 0.6) is 5.75 Å². The molecule has 1 heterocycles. The van der Waals surface area contributed by atoms with E-state index >= 15 is 0 Å². The van der Waals surface area contributed by atoms with Gasteiger partial charge in [0.05, 0.1) is 0 Å². The van der Waals surface area contributed by atoms with Crippen molar-refractivity contribution < 1.29 is 9.84 Å². The number of para-hydroxylation sites is 1. The van der Waals surface area contributed by atoms with E-state index in [-0.39, 0.29) is 18.6 Å². The highest BCUT2D eigenvalue weighted by Crippen LogP contribution is 2.36. The average molecular weight is 192 g/mol. The summed E-state index contributed by atoms with van der Waals surface area (Å²) < 4.78 is 5.75. The van der Waals surface area contributed by atoms with Gasteiger partial charge in [-0.2, -0.15) is 0 Å². The average Bonchev–Trinajstić information content (AvgIpc) is 2.56. The molecule has 1 aromatic carbocycles. The van der Waals surface area contributed by atoms with Crippen molar-refractivity contribution in [3.05, 3.63) is 29.3 Å². The van der Waals surface area contributed by atoms with Crippen LogP contribution in [0.15, 0.2) is 18.2 Å². The summed E-state index contributed by atoms with van der Waals surface area (Å²) in [6, 6.07) is 6.19. The number of aliphatic hydroxyl groups is 1. The fourth-order valence-corrected chi connectivity index (χ4v) is 1.95. The van der Waals surface area contributed by atoms with Crippen LogP contribution in [0, 0.1) is 0 Å². The van der Waals surface area contributed by atoms with Crippen LogP contribution in [0.1, 0.15) is 30.9 Å². The lowest BCUT2D eigenvalue weighted by atomic mass is 9.98. The third kappa shape index (κ3) is 1.50. The van der Waals surface area contributed by atoms with Gasteiger partial charge in [0.25, 0.3) is 0 Å². The second kappa shape index (κ2) is 3.62. The maximum absolute atomic E-state index is 9.13. The van der Waals surface area contributed by atoms with Crippen LogP contribution in [0.25, 0.3) is 0 Å². The Balaban J connectivity index is 2.39. The summed E-state index contributed by atoms with van der Waals surface area (Å²) in [5.41, 5.74) is 2.41. The molecule has 0 spiro atoms. The predicted octanol–water partition coefficient (Wildman–Crippen LogP) is 2.11. The molecule has 0 bridgehead atoms. The minimum absolute atomic E-state index is 0.162. The van der Waals surface area contributed by atoms with Crippen LogP contribution in [0.4, 0.5) is 0 Å². The number of benzene rings is 1. The van der Waals surface area contributed by atoms with Crippen LogP contribution in [0.3, 0.4) is 0 Å². The van der Waals surface area contributed by atoms with Crippen molar-refractivity contribution in [3.8, 4) is 5.75 Å². The van der Waals surface area contributed by atoms with Crippen LogP contribution in [-0.4, -0.2) is 17.8 Å². The first-order valence-electron chi connectivity index (χ1n) is 5.11. The second-order valence-electron chi connectivity index (χ2n) is 4.05. The van der Waals surface area contributed by atoms with Gasteiger partial charge in [-0.25, -0.2) is 0 Å². The van der Waals surface area contributed by atoms with E-state index in [0.29, 0.717) is 0 Å². The molecule has 2 rings (SSSR count). The van der Waals surface area contributed by atoms with Crippen molar-refractivity contribution in [1.82, 2.24) is 0 Å². The summed E-state index contributed by atoms with van der Waals surface area (Å²) in [6.07, 6.45) is 1.26. The standard InChI is InChI=1S/C12H16O2/c1-8(7-13)11-5-3-4-10-6-9(2)14-12(10)11/h3-5,8-9,13H,6-7H2,1-2H3. The molecule has 1 aliphatic rings. The summed E-state index contributed by atoms with van der Waals surface area (Å²) in [5.74, 6) is 1.16. The van der Waals surface area contributed by atoms with Crippen molar-refractivity contribution >= 4 is 0 Å². The van der Waals surface area contributed by atoms with Crippen LogP contribution in [-0.2, 0) is 6.42 Å². The zero-order chi connectivity index (χ0) is 10.1. The SMILES string of the molecule is CC1Cc2cccc(C(C)CO)c2O1. The third-order valence-corrected chi connectivity index (χ3v) is 2.76. The highest BCUT2D eigenvalue weighted by atomic mass is 16.5. The molecule has 1 N–H and O–H groups in total. The molecule has 1 aromatic rings. The van der Waals surface area contributed by atoms with E-state index in [1.807, 2.05) is 19.1 Å². The van der Waals surface area contributed by atoms with Gasteiger partial charge in [0.1, 0.15) is 11.9 Å². The van der Waals surface area contributed by atoms with Gasteiger partial charge in [0.15, 0.2) is 0 Å². The van der Waals surface area contributed by atoms with Gasteiger partial charge in [0, 0.05) is 18.9 Å². The second-order valence-corrected chi connectivity index (χ2v) is 4.05. The minimum Gasteiger partial charge on any atom is -0.490 e. The predicted molar refractivity (Wildman–Crippen MR) is 55.7 cm³/mol. The quantitative estimate of drug-likeness (QED) is 0.777. The number of hydrogen-bond donors (Lipinski definition) is 1. The summed E-state index contributed by atoms with van der Waals surface area (Å²) in [6.45, 7) is 4.27.